The Hall–Kier alpha value is -1.87. The second-order valence-electron chi connectivity index (χ2n) is 6.03. The molecule has 0 amide bonds. The molecule has 1 aromatic heterocycles. The van der Waals surface area contributed by atoms with E-state index < -0.39 is 0 Å². The molecule has 3 nitrogen and oxygen atoms in total. The van der Waals surface area contributed by atoms with Crippen molar-refractivity contribution < 1.29 is 0 Å². The molecule has 0 spiro atoms. The summed E-state index contributed by atoms with van der Waals surface area (Å²) in [6.45, 7) is 2.26. The molecule has 0 aromatic carbocycles. The molecule has 2 aliphatic rings. The van der Waals surface area contributed by atoms with Crippen LogP contribution in [-0.4, -0.2) is 48.0 Å². The Morgan fingerprint density at radius 2 is 2.24 bits per heavy atom. The van der Waals surface area contributed by atoms with Gasteiger partial charge >= 0.3 is 0 Å². The van der Waals surface area contributed by atoms with Gasteiger partial charge in [0.25, 0.3) is 0 Å². The minimum Gasteiger partial charge on any atom is -0.370 e. The van der Waals surface area contributed by atoms with E-state index in [0.29, 0.717) is 6.04 Å². The van der Waals surface area contributed by atoms with Crippen LogP contribution < -0.4 is 0 Å². The summed E-state index contributed by atoms with van der Waals surface area (Å²) in [5, 5.41) is 0. The van der Waals surface area contributed by atoms with Crippen LogP contribution in [0.4, 0.5) is 0 Å². The van der Waals surface area contributed by atoms with E-state index in [2.05, 4.69) is 59.4 Å². The zero-order valence-corrected chi connectivity index (χ0v) is 12.9. The number of allylic oxidation sites excluding steroid dienone is 2. The van der Waals surface area contributed by atoms with Crippen molar-refractivity contribution in [2.75, 3.05) is 27.2 Å². The van der Waals surface area contributed by atoms with Gasteiger partial charge in [-0.05, 0) is 68.5 Å². The van der Waals surface area contributed by atoms with Crippen molar-refractivity contribution in [2.24, 2.45) is 0 Å². The monoisotopic (exact) mass is 281 g/mol. The van der Waals surface area contributed by atoms with E-state index in [0.717, 1.165) is 19.5 Å². The van der Waals surface area contributed by atoms with E-state index in [1.165, 1.54) is 23.1 Å². The molecule has 1 aliphatic carbocycles. The van der Waals surface area contributed by atoms with Crippen LogP contribution in [0.2, 0.25) is 0 Å². The van der Waals surface area contributed by atoms with E-state index in [1.807, 2.05) is 18.5 Å². The Morgan fingerprint density at radius 1 is 1.33 bits per heavy atom. The summed E-state index contributed by atoms with van der Waals surface area (Å²) in [5.41, 5.74) is 4.07. The third-order valence-corrected chi connectivity index (χ3v) is 4.19. The number of rotatable bonds is 5. The van der Waals surface area contributed by atoms with Crippen molar-refractivity contribution in [3.8, 4) is 0 Å². The molecule has 1 aromatic rings. The zero-order chi connectivity index (χ0) is 14.7. The molecule has 0 fully saturated rings. The number of aromatic nitrogens is 1. The Morgan fingerprint density at radius 3 is 3.00 bits per heavy atom. The van der Waals surface area contributed by atoms with Gasteiger partial charge in [0, 0.05) is 18.9 Å². The first kappa shape index (κ1) is 14.1. The van der Waals surface area contributed by atoms with Gasteiger partial charge in [-0.15, -0.1) is 0 Å². The van der Waals surface area contributed by atoms with Gasteiger partial charge in [-0.3, -0.25) is 4.98 Å². The fourth-order valence-corrected chi connectivity index (χ4v) is 3.03. The molecule has 0 saturated heterocycles. The van der Waals surface area contributed by atoms with Crippen molar-refractivity contribution in [3.05, 3.63) is 60.1 Å². The standard InChI is InChI=1S/C18H23N3/c1-20(2)10-4-11-21-12-8-15-6-7-16(13-18(15)21)17-5-3-9-19-14-17/h3,5-9,12,14,18H,4,10-11,13H2,1-2H3. The van der Waals surface area contributed by atoms with Gasteiger partial charge in [0.2, 0.25) is 0 Å². The first-order valence-corrected chi connectivity index (χ1v) is 7.64. The predicted molar refractivity (Wildman–Crippen MR) is 87.7 cm³/mol. The van der Waals surface area contributed by atoms with Crippen molar-refractivity contribution in [1.29, 1.82) is 0 Å². The molecule has 3 heteroatoms. The molecule has 1 unspecified atom stereocenters. The maximum Gasteiger partial charge on any atom is 0.0578 e. The van der Waals surface area contributed by atoms with Gasteiger partial charge in [-0.1, -0.05) is 18.2 Å². The predicted octanol–water partition coefficient (Wildman–Crippen LogP) is 2.94. The summed E-state index contributed by atoms with van der Waals surface area (Å²) in [4.78, 5) is 8.97. The molecule has 1 aliphatic heterocycles. The Kier molecular flexibility index (Phi) is 4.20. The molecule has 2 heterocycles. The summed E-state index contributed by atoms with van der Waals surface area (Å²) in [6.07, 6.45) is 15.1. The highest BCUT2D eigenvalue weighted by molar-refractivity contribution is 5.70. The van der Waals surface area contributed by atoms with E-state index in [-0.39, 0.29) is 0 Å². The Labute approximate surface area is 127 Å². The second-order valence-corrected chi connectivity index (χ2v) is 6.03. The third-order valence-electron chi connectivity index (χ3n) is 4.19. The van der Waals surface area contributed by atoms with Crippen molar-refractivity contribution in [1.82, 2.24) is 14.8 Å². The molecule has 0 saturated carbocycles. The van der Waals surface area contributed by atoms with Crippen LogP contribution in [0.3, 0.4) is 0 Å². The third kappa shape index (κ3) is 3.24. The Bertz CT molecular complexity index is 569. The van der Waals surface area contributed by atoms with Gasteiger partial charge in [0.05, 0.1) is 6.04 Å². The van der Waals surface area contributed by atoms with Crippen LogP contribution in [0.5, 0.6) is 0 Å². The number of hydrogen-bond donors (Lipinski definition) is 0. The second kappa shape index (κ2) is 6.27. The van der Waals surface area contributed by atoms with Crippen LogP contribution >= 0.6 is 0 Å². The highest BCUT2D eigenvalue weighted by atomic mass is 15.2. The first-order valence-electron chi connectivity index (χ1n) is 7.64. The van der Waals surface area contributed by atoms with Crippen LogP contribution in [0.25, 0.3) is 5.57 Å². The minimum absolute atomic E-state index is 0.507. The fraction of sp³-hybridized carbons (Fsp3) is 0.389. The molecule has 110 valence electrons. The van der Waals surface area contributed by atoms with E-state index in [9.17, 15) is 0 Å². The minimum atomic E-state index is 0.507. The molecular formula is C18H23N3. The molecular weight excluding hydrogens is 258 g/mol. The summed E-state index contributed by atoms with van der Waals surface area (Å²) < 4.78 is 0. The summed E-state index contributed by atoms with van der Waals surface area (Å²) in [7, 11) is 4.27. The maximum atomic E-state index is 4.24. The quantitative estimate of drug-likeness (QED) is 0.827. The lowest BCUT2D eigenvalue weighted by Crippen LogP contribution is -2.31. The zero-order valence-electron chi connectivity index (χ0n) is 12.9. The summed E-state index contributed by atoms with van der Waals surface area (Å²) in [5.74, 6) is 0. The smallest absolute Gasteiger partial charge is 0.0578 e. The van der Waals surface area contributed by atoms with E-state index in [4.69, 9.17) is 0 Å². The highest BCUT2D eigenvalue weighted by Gasteiger charge is 2.26. The molecule has 1 atom stereocenters. The topological polar surface area (TPSA) is 19.4 Å². The van der Waals surface area contributed by atoms with Crippen molar-refractivity contribution >= 4 is 5.57 Å². The van der Waals surface area contributed by atoms with Crippen LogP contribution in [0, 0.1) is 0 Å². The lowest BCUT2D eigenvalue weighted by Gasteiger charge is -2.30. The molecule has 0 radical (unpaired) electrons. The van der Waals surface area contributed by atoms with E-state index >= 15 is 0 Å². The van der Waals surface area contributed by atoms with Gasteiger partial charge in [-0.2, -0.15) is 0 Å². The van der Waals surface area contributed by atoms with Crippen molar-refractivity contribution in [3.63, 3.8) is 0 Å². The summed E-state index contributed by atoms with van der Waals surface area (Å²) in [6, 6.07) is 4.67. The molecule has 3 rings (SSSR count). The number of fused-ring (bicyclic) bond motifs is 1. The van der Waals surface area contributed by atoms with Crippen LogP contribution in [-0.2, 0) is 0 Å². The van der Waals surface area contributed by atoms with E-state index in [1.54, 1.807) is 0 Å². The molecule has 21 heavy (non-hydrogen) atoms. The van der Waals surface area contributed by atoms with Crippen LogP contribution in [0.15, 0.2) is 54.5 Å². The number of nitrogens with zero attached hydrogens (tertiary/aromatic N) is 3. The normalized spacial score (nSPS) is 20.5. The average molecular weight is 281 g/mol. The first-order chi connectivity index (χ1) is 10.2. The fourth-order valence-electron chi connectivity index (χ4n) is 3.03. The lowest BCUT2D eigenvalue weighted by molar-refractivity contribution is 0.298. The van der Waals surface area contributed by atoms with Crippen molar-refractivity contribution in [2.45, 2.75) is 18.9 Å². The average Bonchev–Trinajstić information content (AvgIpc) is 2.90. The molecule has 0 N–H and O–H groups in total. The summed E-state index contributed by atoms with van der Waals surface area (Å²) >= 11 is 0. The molecule has 0 bridgehead atoms. The highest BCUT2D eigenvalue weighted by Crippen LogP contribution is 2.33. The van der Waals surface area contributed by atoms with Gasteiger partial charge in [-0.25, -0.2) is 0 Å². The lowest BCUT2D eigenvalue weighted by atomic mass is 9.90. The van der Waals surface area contributed by atoms with Gasteiger partial charge in [0.1, 0.15) is 0 Å². The number of hydrogen-bond acceptors (Lipinski definition) is 3. The van der Waals surface area contributed by atoms with Gasteiger partial charge < -0.3 is 9.80 Å². The van der Waals surface area contributed by atoms with Gasteiger partial charge in [0.15, 0.2) is 0 Å². The maximum absolute atomic E-state index is 4.24. The van der Waals surface area contributed by atoms with Crippen LogP contribution in [0.1, 0.15) is 18.4 Å². The largest absolute Gasteiger partial charge is 0.370 e. The Balaban J connectivity index is 1.67. The SMILES string of the molecule is CN(C)CCCN1C=CC2=CC=C(c3cccnc3)CC21. The number of pyridine rings is 1.